The van der Waals surface area contributed by atoms with Crippen LogP contribution >= 0.6 is 0 Å². The molecule has 1 aromatic rings. The second kappa shape index (κ2) is 5.86. The fourth-order valence-electron chi connectivity index (χ4n) is 2.02. The zero-order valence-electron chi connectivity index (χ0n) is 11.8. The van der Waals surface area contributed by atoms with Gasteiger partial charge in [0.15, 0.2) is 0 Å². The van der Waals surface area contributed by atoms with E-state index in [0.717, 1.165) is 5.56 Å². The average Bonchev–Trinajstić information content (AvgIpc) is 2.42. The molecule has 2 heterocycles. The fraction of sp³-hybridized carbons (Fsp3) is 0.400. The monoisotopic (exact) mass is 273 g/mol. The van der Waals surface area contributed by atoms with Crippen molar-refractivity contribution < 1.29 is 9.59 Å². The molecule has 1 aromatic heterocycles. The molecule has 1 aliphatic heterocycles. The first-order chi connectivity index (χ1) is 9.47. The molecule has 2 amide bonds. The molecule has 1 unspecified atom stereocenters. The van der Waals surface area contributed by atoms with Gasteiger partial charge in [-0.05, 0) is 30.4 Å². The number of hydrogen-bond donors (Lipinski definition) is 2. The molecule has 5 nitrogen and oxygen atoms in total. The molecule has 2 N–H and O–H groups in total. The molecular weight excluding hydrogens is 254 g/mol. The second-order valence-electron chi connectivity index (χ2n) is 5.29. The van der Waals surface area contributed by atoms with Gasteiger partial charge in [-0.2, -0.15) is 0 Å². The number of nitrogens with zero attached hydrogens (tertiary/aromatic N) is 1. The molecule has 0 aromatic carbocycles. The Hall–Kier alpha value is -2.17. The van der Waals surface area contributed by atoms with Crippen molar-refractivity contribution in [3.8, 4) is 0 Å². The molecule has 106 valence electrons. The largest absolute Gasteiger partial charge is 0.339 e. The van der Waals surface area contributed by atoms with Gasteiger partial charge in [-0.15, -0.1) is 0 Å². The summed E-state index contributed by atoms with van der Waals surface area (Å²) in [6.45, 7) is 7.84. The van der Waals surface area contributed by atoms with Crippen LogP contribution in [0.4, 0.5) is 0 Å². The van der Waals surface area contributed by atoms with E-state index in [0.29, 0.717) is 30.2 Å². The normalized spacial score (nSPS) is 18.9. The quantitative estimate of drug-likeness (QED) is 0.881. The van der Waals surface area contributed by atoms with Crippen LogP contribution in [0.1, 0.15) is 48.7 Å². The molecule has 1 atom stereocenters. The number of allylic oxidation sites excluding steroid dienone is 1. The minimum atomic E-state index is -0.514. The summed E-state index contributed by atoms with van der Waals surface area (Å²) in [4.78, 5) is 27.9. The first-order valence-corrected chi connectivity index (χ1v) is 6.73. The zero-order chi connectivity index (χ0) is 14.7. The molecule has 0 bridgehead atoms. The van der Waals surface area contributed by atoms with Crippen LogP contribution in [0.25, 0.3) is 0 Å². The average molecular weight is 273 g/mol. The second-order valence-corrected chi connectivity index (χ2v) is 5.29. The Labute approximate surface area is 118 Å². The summed E-state index contributed by atoms with van der Waals surface area (Å²) in [6.07, 6.45) is 2.94. The Kier molecular flexibility index (Phi) is 4.17. The Morgan fingerprint density at radius 3 is 2.80 bits per heavy atom. The van der Waals surface area contributed by atoms with Gasteiger partial charge in [0, 0.05) is 11.9 Å². The van der Waals surface area contributed by atoms with Gasteiger partial charge in [-0.25, -0.2) is 0 Å². The number of piperidine rings is 1. The zero-order valence-corrected chi connectivity index (χ0v) is 11.8. The number of amides is 2. The van der Waals surface area contributed by atoms with Crippen LogP contribution in [0, 0.1) is 0 Å². The van der Waals surface area contributed by atoms with E-state index in [-0.39, 0.29) is 11.8 Å². The summed E-state index contributed by atoms with van der Waals surface area (Å²) in [5.74, 6) is -0.170. The van der Waals surface area contributed by atoms with E-state index in [1.807, 2.05) is 6.07 Å². The van der Waals surface area contributed by atoms with Crippen LogP contribution in [-0.2, 0) is 4.79 Å². The summed E-state index contributed by atoms with van der Waals surface area (Å²) < 4.78 is 0. The molecule has 20 heavy (non-hydrogen) atoms. The van der Waals surface area contributed by atoms with Crippen molar-refractivity contribution in [1.29, 1.82) is 0 Å². The molecule has 1 saturated heterocycles. The number of carbonyl (C=O) groups is 2. The van der Waals surface area contributed by atoms with E-state index >= 15 is 0 Å². The third kappa shape index (κ3) is 3.23. The maximum Gasteiger partial charge on any atom is 0.270 e. The molecular formula is C15H19N3O2. The van der Waals surface area contributed by atoms with Crippen molar-refractivity contribution >= 4 is 11.8 Å². The van der Waals surface area contributed by atoms with Crippen molar-refractivity contribution in [1.82, 2.24) is 15.6 Å². The lowest BCUT2D eigenvalue weighted by molar-refractivity contribution is -0.123. The van der Waals surface area contributed by atoms with E-state index in [2.05, 4.69) is 36.0 Å². The van der Waals surface area contributed by atoms with Crippen LogP contribution < -0.4 is 10.6 Å². The third-order valence-electron chi connectivity index (χ3n) is 3.34. The summed E-state index contributed by atoms with van der Waals surface area (Å²) >= 11 is 0. The molecule has 1 fully saturated rings. The van der Waals surface area contributed by atoms with Crippen LogP contribution in [0.5, 0.6) is 0 Å². The lowest BCUT2D eigenvalue weighted by atomic mass is 10.0. The van der Waals surface area contributed by atoms with Gasteiger partial charge >= 0.3 is 0 Å². The molecule has 0 aliphatic carbocycles. The number of aromatic nitrogens is 1. The van der Waals surface area contributed by atoms with Gasteiger partial charge in [0.25, 0.3) is 5.91 Å². The molecule has 5 heteroatoms. The van der Waals surface area contributed by atoms with Crippen molar-refractivity contribution in [2.45, 2.75) is 38.6 Å². The Bertz CT molecular complexity index is 535. The van der Waals surface area contributed by atoms with Crippen molar-refractivity contribution in [2.75, 3.05) is 0 Å². The van der Waals surface area contributed by atoms with Crippen molar-refractivity contribution in [3.63, 3.8) is 0 Å². The van der Waals surface area contributed by atoms with Crippen molar-refractivity contribution in [2.24, 2.45) is 0 Å². The first kappa shape index (κ1) is 14.2. The van der Waals surface area contributed by atoms with Gasteiger partial charge in [0.05, 0.1) is 0 Å². The topological polar surface area (TPSA) is 71.1 Å². The lowest BCUT2D eigenvalue weighted by Crippen LogP contribution is -2.49. The van der Waals surface area contributed by atoms with Gasteiger partial charge in [0.2, 0.25) is 5.91 Å². The highest BCUT2D eigenvalue weighted by Gasteiger charge is 2.26. The van der Waals surface area contributed by atoms with Crippen LogP contribution in [0.15, 0.2) is 30.6 Å². The SMILES string of the molecule is C=C1CCC(NC(=O)c2ccc(C(C)C)cn2)C(=O)N1. The number of rotatable bonds is 3. The minimum absolute atomic E-state index is 0.214. The minimum Gasteiger partial charge on any atom is -0.339 e. The van der Waals surface area contributed by atoms with Gasteiger partial charge in [-0.3, -0.25) is 14.6 Å². The van der Waals surface area contributed by atoms with Crippen LogP contribution in [-0.4, -0.2) is 22.8 Å². The Balaban J connectivity index is 2.01. The molecule has 0 saturated carbocycles. The Morgan fingerprint density at radius 1 is 1.50 bits per heavy atom. The van der Waals surface area contributed by atoms with Crippen molar-refractivity contribution in [3.05, 3.63) is 41.9 Å². The lowest BCUT2D eigenvalue weighted by Gasteiger charge is -2.24. The predicted molar refractivity (Wildman–Crippen MR) is 76.1 cm³/mol. The molecule has 1 aliphatic rings. The summed E-state index contributed by atoms with van der Waals surface area (Å²) in [5.41, 5.74) is 2.10. The highest BCUT2D eigenvalue weighted by molar-refractivity contribution is 5.96. The predicted octanol–water partition coefficient (Wildman–Crippen LogP) is 1.73. The van der Waals surface area contributed by atoms with E-state index in [4.69, 9.17) is 0 Å². The van der Waals surface area contributed by atoms with Crippen LogP contribution in [0.2, 0.25) is 0 Å². The Morgan fingerprint density at radius 2 is 2.25 bits per heavy atom. The van der Waals surface area contributed by atoms with Gasteiger partial charge in [-0.1, -0.05) is 26.5 Å². The van der Waals surface area contributed by atoms with Crippen LogP contribution in [0.3, 0.4) is 0 Å². The molecule has 0 spiro atoms. The first-order valence-electron chi connectivity index (χ1n) is 6.73. The number of carbonyl (C=O) groups excluding carboxylic acids is 2. The van der Waals surface area contributed by atoms with E-state index in [1.165, 1.54) is 0 Å². The van der Waals surface area contributed by atoms with E-state index in [9.17, 15) is 9.59 Å². The summed E-state index contributed by atoms with van der Waals surface area (Å²) in [7, 11) is 0. The number of hydrogen-bond acceptors (Lipinski definition) is 3. The van der Waals surface area contributed by atoms with Gasteiger partial charge < -0.3 is 10.6 Å². The maximum absolute atomic E-state index is 12.0. The number of nitrogens with one attached hydrogen (secondary N) is 2. The van der Waals surface area contributed by atoms with Gasteiger partial charge in [0.1, 0.15) is 11.7 Å². The molecule has 2 rings (SSSR count). The smallest absolute Gasteiger partial charge is 0.270 e. The summed E-state index contributed by atoms with van der Waals surface area (Å²) in [5, 5.41) is 5.34. The summed E-state index contributed by atoms with van der Waals surface area (Å²) in [6, 6.07) is 3.05. The van der Waals surface area contributed by atoms with E-state index in [1.54, 1.807) is 12.3 Å². The highest BCUT2D eigenvalue weighted by atomic mass is 16.2. The highest BCUT2D eigenvalue weighted by Crippen LogP contribution is 2.14. The maximum atomic E-state index is 12.0. The fourth-order valence-corrected chi connectivity index (χ4v) is 2.02. The van der Waals surface area contributed by atoms with E-state index < -0.39 is 6.04 Å². The molecule has 0 radical (unpaired) electrons. The number of pyridine rings is 1. The third-order valence-corrected chi connectivity index (χ3v) is 3.34. The standard InChI is InChI=1S/C15H19N3O2/c1-9(2)11-5-7-12(16-8-11)14(19)18-13-6-4-10(3)17-15(13)20/h5,7-9,13H,3-4,6H2,1-2H3,(H,17,20)(H,18,19).